The quantitative estimate of drug-likeness (QED) is 0.741. The van der Waals surface area contributed by atoms with Crippen molar-refractivity contribution >= 4 is 12.0 Å². The van der Waals surface area contributed by atoms with Gasteiger partial charge in [-0.3, -0.25) is 4.79 Å². The minimum Gasteiger partial charge on any atom is -0.444 e. The smallest absolute Gasteiger partial charge is 0.407 e. The number of carbonyl (C=O) groups excluding carboxylic acids is 2. The van der Waals surface area contributed by atoms with Gasteiger partial charge in [-0.15, -0.1) is 0 Å². The van der Waals surface area contributed by atoms with Crippen LogP contribution in [0.2, 0.25) is 0 Å². The largest absolute Gasteiger partial charge is 0.444 e. The lowest BCUT2D eigenvalue weighted by atomic mass is 9.90. The van der Waals surface area contributed by atoms with Crippen LogP contribution in [0.25, 0.3) is 0 Å². The first kappa shape index (κ1) is 17.1. The second kappa shape index (κ2) is 7.31. The van der Waals surface area contributed by atoms with Crippen LogP contribution in [0.3, 0.4) is 0 Å². The van der Waals surface area contributed by atoms with Crippen LogP contribution in [0.1, 0.15) is 59.3 Å². The van der Waals surface area contributed by atoms with Crippen LogP contribution in [0.4, 0.5) is 4.79 Å². The molecule has 126 valence electrons. The Bertz CT molecular complexity index is 396. The van der Waals surface area contributed by atoms with Crippen molar-refractivity contribution in [1.29, 1.82) is 0 Å². The van der Waals surface area contributed by atoms with Crippen molar-refractivity contribution in [3.05, 3.63) is 0 Å². The molecule has 1 saturated heterocycles. The third-order valence-corrected chi connectivity index (χ3v) is 4.13. The summed E-state index contributed by atoms with van der Waals surface area (Å²) in [5, 5.41) is 9.50. The van der Waals surface area contributed by atoms with Gasteiger partial charge in [0.05, 0.1) is 0 Å². The molecule has 6 heteroatoms. The summed E-state index contributed by atoms with van der Waals surface area (Å²) in [4.78, 5) is 23.0. The molecule has 1 heterocycles. The number of piperidine rings is 1. The molecule has 3 atom stereocenters. The molecular formula is C16H29N3O3. The summed E-state index contributed by atoms with van der Waals surface area (Å²) in [5.41, 5.74) is -0.462. The van der Waals surface area contributed by atoms with E-state index in [1.54, 1.807) is 0 Å². The molecule has 0 spiro atoms. The average Bonchev–Trinajstić information content (AvgIpc) is 2.39. The van der Waals surface area contributed by atoms with E-state index in [-0.39, 0.29) is 18.0 Å². The zero-order valence-electron chi connectivity index (χ0n) is 13.9. The summed E-state index contributed by atoms with van der Waals surface area (Å²) in [6.07, 6.45) is 5.30. The predicted molar refractivity (Wildman–Crippen MR) is 84.6 cm³/mol. The van der Waals surface area contributed by atoms with Crippen molar-refractivity contribution in [2.24, 2.45) is 0 Å². The number of nitrogens with one attached hydrogen (secondary N) is 3. The highest BCUT2D eigenvalue weighted by Gasteiger charge is 2.27. The molecule has 0 aromatic carbocycles. The Kier molecular flexibility index (Phi) is 5.67. The highest BCUT2D eigenvalue weighted by Crippen LogP contribution is 2.20. The Morgan fingerprint density at radius 2 is 1.91 bits per heavy atom. The van der Waals surface area contributed by atoms with Gasteiger partial charge in [-0.25, -0.2) is 4.79 Å². The Morgan fingerprint density at radius 3 is 2.55 bits per heavy atom. The first-order chi connectivity index (χ1) is 10.3. The molecule has 1 aliphatic heterocycles. The molecule has 0 bridgehead atoms. The summed E-state index contributed by atoms with van der Waals surface area (Å²) in [6.45, 7) is 6.32. The van der Waals surface area contributed by atoms with E-state index < -0.39 is 5.60 Å². The van der Waals surface area contributed by atoms with E-state index in [9.17, 15) is 9.59 Å². The number of alkyl carbamates (subject to hydrolysis) is 1. The maximum atomic E-state index is 11.9. The van der Waals surface area contributed by atoms with Gasteiger partial charge in [0, 0.05) is 31.1 Å². The third kappa shape index (κ3) is 5.83. The molecule has 6 nitrogen and oxygen atoms in total. The van der Waals surface area contributed by atoms with Gasteiger partial charge in [-0.1, -0.05) is 0 Å². The summed E-state index contributed by atoms with van der Waals surface area (Å²) >= 11 is 0. The van der Waals surface area contributed by atoms with Crippen molar-refractivity contribution < 1.29 is 14.3 Å². The lowest BCUT2D eigenvalue weighted by Gasteiger charge is -2.34. The monoisotopic (exact) mass is 311 g/mol. The molecule has 22 heavy (non-hydrogen) atoms. The first-order valence-electron chi connectivity index (χ1n) is 8.34. The van der Waals surface area contributed by atoms with Gasteiger partial charge >= 0.3 is 6.09 Å². The van der Waals surface area contributed by atoms with Gasteiger partial charge < -0.3 is 20.7 Å². The Hall–Kier alpha value is -1.30. The van der Waals surface area contributed by atoms with E-state index in [4.69, 9.17) is 4.74 Å². The molecular weight excluding hydrogens is 282 g/mol. The molecule has 0 aromatic heterocycles. The second-order valence-corrected chi connectivity index (χ2v) is 7.41. The van der Waals surface area contributed by atoms with E-state index >= 15 is 0 Å². The number of ether oxygens (including phenoxy) is 1. The maximum absolute atomic E-state index is 11.9. The summed E-state index contributed by atoms with van der Waals surface area (Å²) < 4.78 is 5.32. The van der Waals surface area contributed by atoms with Crippen LogP contribution < -0.4 is 16.0 Å². The van der Waals surface area contributed by atoms with E-state index in [1.807, 2.05) is 20.8 Å². The van der Waals surface area contributed by atoms with E-state index in [1.165, 1.54) is 0 Å². The van der Waals surface area contributed by atoms with Crippen LogP contribution in [-0.4, -0.2) is 42.3 Å². The van der Waals surface area contributed by atoms with Crippen LogP contribution in [0.15, 0.2) is 0 Å². The van der Waals surface area contributed by atoms with Crippen LogP contribution >= 0.6 is 0 Å². The molecule has 3 unspecified atom stereocenters. The molecule has 2 amide bonds. The van der Waals surface area contributed by atoms with E-state index in [0.29, 0.717) is 25.0 Å². The van der Waals surface area contributed by atoms with Gasteiger partial charge in [-0.05, 0) is 52.9 Å². The second-order valence-electron chi connectivity index (χ2n) is 7.41. The van der Waals surface area contributed by atoms with Crippen molar-refractivity contribution in [2.75, 3.05) is 6.54 Å². The molecule has 2 fully saturated rings. The van der Waals surface area contributed by atoms with Gasteiger partial charge in [0.1, 0.15) is 5.60 Å². The fraction of sp³-hybridized carbons (Fsp3) is 0.875. The van der Waals surface area contributed by atoms with Crippen molar-refractivity contribution in [3.8, 4) is 0 Å². The van der Waals surface area contributed by atoms with E-state index in [2.05, 4.69) is 16.0 Å². The number of amides is 2. The van der Waals surface area contributed by atoms with Gasteiger partial charge in [-0.2, -0.15) is 0 Å². The molecule has 1 saturated carbocycles. The lowest BCUT2D eigenvalue weighted by molar-refractivity contribution is -0.122. The molecule has 2 rings (SSSR count). The van der Waals surface area contributed by atoms with E-state index in [0.717, 1.165) is 32.1 Å². The summed E-state index contributed by atoms with van der Waals surface area (Å²) in [5.74, 6) is 0.145. The first-order valence-corrected chi connectivity index (χ1v) is 8.34. The highest BCUT2D eigenvalue weighted by atomic mass is 16.6. The minimum absolute atomic E-state index is 0.145. The number of hydrogen-bond acceptors (Lipinski definition) is 4. The van der Waals surface area contributed by atoms with Gasteiger partial charge in [0.25, 0.3) is 0 Å². The fourth-order valence-electron chi connectivity index (χ4n) is 3.15. The van der Waals surface area contributed by atoms with Crippen LogP contribution in [-0.2, 0) is 9.53 Å². The van der Waals surface area contributed by atoms with Crippen molar-refractivity contribution in [1.82, 2.24) is 16.0 Å². The maximum Gasteiger partial charge on any atom is 0.407 e. The zero-order valence-corrected chi connectivity index (χ0v) is 13.9. The fourth-order valence-corrected chi connectivity index (χ4v) is 3.15. The topological polar surface area (TPSA) is 79.5 Å². The SMILES string of the molecule is CC(C)(C)OC(=O)NC1CCCC(NC2CCC(=O)NC2)C1. The summed E-state index contributed by atoms with van der Waals surface area (Å²) in [6, 6.07) is 0.913. The predicted octanol–water partition coefficient (Wildman–Crippen LogP) is 1.69. The standard InChI is InChI=1S/C16H29N3O3/c1-16(2,3)22-15(21)19-12-6-4-5-11(9-12)18-13-7-8-14(20)17-10-13/h11-13,18H,4-10H2,1-3H3,(H,17,20)(H,19,21). The normalized spacial score (nSPS) is 29.6. The van der Waals surface area contributed by atoms with Crippen LogP contribution in [0.5, 0.6) is 0 Å². The van der Waals surface area contributed by atoms with Crippen LogP contribution in [0, 0.1) is 0 Å². The molecule has 0 aromatic rings. The molecule has 0 radical (unpaired) electrons. The zero-order chi connectivity index (χ0) is 16.2. The minimum atomic E-state index is -0.462. The molecule has 2 aliphatic rings. The highest BCUT2D eigenvalue weighted by molar-refractivity contribution is 5.76. The molecule has 3 N–H and O–H groups in total. The number of hydrogen-bond donors (Lipinski definition) is 3. The van der Waals surface area contributed by atoms with Crippen molar-refractivity contribution in [2.45, 2.75) is 83.0 Å². The Labute approximate surface area is 132 Å². The number of carbonyl (C=O) groups is 2. The van der Waals surface area contributed by atoms with Gasteiger partial charge in [0.2, 0.25) is 5.91 Å². The Morgan fingerprint density at radius 1 is 1.18 bits per heavy atom. The number of rotatable bonds is 3. The lowest BCUT2D eigenvalue weighted by Crippen LogP contribution is -2.52. The molecule has 1 aliphatic carbocycles. The van der Waals surface area contributed by atoms with Gasteiger partial charge in [0.15, 0.2) is 0 Å². The average molecular weight is 311 g/mol. The van der Waals surface area contributed by atoms with Crippen molar-refractivity contribution in [3.63, 3.8) is 0 Å². The Balaban J connectivity index is 1.74. The third-order valence-electron chi connectivity index (χ3n) is 4.13. The summed E-state index contributed by atoms with van der Waals surface area (Å²) in [7, 11) is 0.